The number of nitrogens with one attached hydrogen (secondary N) is 2. The van der Waals surface area contributed by atoms with Crippen LogP contribution in [0.15, 0.2) is 35.5 Å². The van der Waals surface area contributed by atoms with E-state index in [0.717, 1.165) is 18.4 Å². The zero-order valence-electron chi connectivity index (χ0n) is 13.2. The number of benzene rings is 1. The lowest BCUT2D eigenvalue weighted by atomic mass is 9.94. The van der Waals surface area contributed by atoms with Crippen LogP contribution in [0.1, 0.15) is 44.4 Å². The Labute approximate surface area is 130 Å². The first-order valence-corrected chi connectivity index (χ1v) is 7.61. The molecule has 1 aliphatic heterocycles. The molecule has 118 valence electrons. The second-order valence-corrected chi connectivity index (χ2v) is 5.30. The molecule has 2 rings (SSSR count). The molecule has 1 atom stereocenters. The van der Waals surface area contributed by atoms with Gasteiger partial charge in [0.05, 0.1) is 18.2 Å². The topological polar surface area (TPSA) is 67.4 Å². The number of aryl methyl sites for hydroxylation is 1. The van der Waals surface area contributed by atoms with Gasteiger partial charge in [0, 0.05) is 5.70 Å². The van der Waals surface area contributed by atoms with Crippen molar-refractivity contribution in [2.24, 2.45) is 0 Å². The van der Waals surface area contributed by atoms with Gasteiger partial charge >= 0.3 is 12.0 Å². The minimum Gasteiger partial charge on any atom is -0.462 e. The summed E-state index contributed by atoms with van der Waals surface area (Å²) in [5.74, 6) is -0.392. The molecule has 0 saturated carbocycles. The molecule has 1 aliphatic rings. The molecule has 0 spiro atoms. The molecule has 22 heavy (non-hydrogen) atoms. The second-order valence-electron chi connectivity index (χ2n) is 5.30. The van der Waals surface area contributed by atoms with Gasteiger partial charge in [-0.25, -0.2) is 9.59 Å². The number of amides is 2. The van der Waals surface area contributed by atoms with E-state index in [2.05, 4.69) is 17.6 Å². The van der Waals surface area contributed by atoms with Crippen molar-refractivity contribution < 1.29 is 14.3 Å². The Morgan fingerprint density at radius 3 is 2.50 bits per heavy atom. The van der Waals surface area contributed by atoms with E-state index in [1.807, 2.05) is 31.2 Å². The van der Waals surface area contributed by atoms with Gasteiger partial charge in [-0.15, -0.1) is 0 Å². The van der Waals surface area contributed by atoms with Crippen molar-refractivity contribution in [3.8, 4) is 0 Å². The Morgan fingerprint density at radius 1 is 1.23 bits per heavy atom. The Bertz CT molecular complexity index is 590. The largest absolute Gasteiger partial charge is 0.462 e. The predicted molar refractivity (Wildman–Crippen MR) is 84.2 cm³/mol. The highest BCUT2D eigenvalue weighted by molar-refractivity contribution is 5.95. The average Bonchev–Trinajstić information content (AvgIpc) is 2.52. The maximum Gasteiger partial charge on any atom is 0.338 e. The van der Waals surface area contributed by atoms with Gasteiger partial charge in [-0.2, -0.15) is 0 Å². The van der Waals surface area contributed by atoms with Gasteiger partial charge in [-0.3, -0.25) is 0 Å². The number of allylic oxidation sites excluding steroid dienone is 1. The molecule has 0 aromatic heterocycles. The van der Waals surface area contributed by atoms with Crippen molar-refractivity contribution >= 4 is 12.0 Å². The van der Waals surface area contributed by atoms with Crippen molar-refractivity contribution in [2.45, 2.75) is 39.7 Å². The van der Waals surface area contributed by atoms with Crippen LogP contribution in [-0.4, -0.2) is 18.6 Å². The summed E-state index contributed by atoms with van der Waals surface area (Å²) in [6, 6.07) is 7.10. The van der Waals surface area contributed by atoms with Gasteiger partial charge in [0.25, 0.3) is 0 Å². The first kappa shape index (κ1) is 16.1. The molecule has 0 fully saturated rings. The van der Waals surface area contributed by atoms with Gasteiger partial charge in [0.1, 0.15) is 0 Å². The minimum atomic E-state index is -0.482. The number of esters is 1. The van der Waals surface area contributed by atoms with Crippen LogP contribution in [0, 0.1) is 0 Å². The number of carbonyl (C=O) groups is 2. The lowest BCUT2D eigenvalue weighted by molar-refractivity contribution is -0.139. The third-order valence-electron chi connectivity index (χ3n) is 3.65. The summed E-state index contributed by atoms with van der Waals surface area (Å²) in [7, 11) is 0. The lowest BCUT2D eigenvalue weighted by Crippen LogP contribution is -2.45. The minimum absolute atomic E-state index is 0.311. The maximum atomic E-state index is 12.3. The second kappa shape index (κ2) is 7.11. The smallest absolute Gasteiger partial charge is 0.338 e. The predicted octanol–water partition coefficient (Wildman–Crippen LogP) is 2.83. The fourth-order valence-corrected chi connectivity index (χ4v) is 2.43. The van der Waals surface area contributed by atoms with E-state index >= 15 is 0 Å². The van der Waals surface area contributed by atoms with E-state index in [1.165, 1.54) is 5.56 Å². The fourth-order valence-electron chi connectivity index (χ4n) is 2.43. The standard InChI is InChI=1S/C17H22N2O3/c1-4-10-22-16(20)14-11(3)18-17(21)19-15(14)13-8-6-12(5-2)7-9-13/h6-9,15H,4-5,10H2,1-3H3,(H2,18,19,21)/t15-/m1/s1. The summed E-state index contributed by atoms with van der Waals surface area (Å²) in [5, 5.41) is 5.44. The van der Waals surface area contributed by atoms with Gasteiger partial charge in [-0.05, 0) is 30.9 Å². The number of hydrogen-bond acceptors (Lipinski definition) is 3. The number of rotatable bonds is 5. The van der Waals surface area contributed by atoms with Crippen molar-refractivity contribution in [3.63, 3.8) is 0 Å². The van der Waals surface area contributed by atoms with E-state index in [4.69, 9.17) is 4.74 Å². The molecule has 0 bridgehead atoms. The summed E-state index contributed by atoms with van der Waals surface area (Å²) < 4.78 is 5.24. The zero-order valence-corrected chi connectivity index (χ0v) is 13.2. The van der Waals surface area contributed by atoms with Gasteiger partial charge in [0.2, 0.25) is 0 Å². The average molecular weight is 302 g/mol. The molecule has 0 unspecified atom stereocenters. The molecular weight excluding hydrogens is 280 g/mol. The Morgan fingerprint density at radius 2 is 1.91 bits per heavy atom. The highest BCUT2D eigenvalue weighted by Crippen LogP contribution is 2.27. The zero-order chi connectivity index (χ0) is 16.1. The third-order valence-corrected chi connectivity index (χ3v) is 3.65. The van der Waals surface area contributed by atoms with Crippen LogP contribution in [0.5, 0.6) is 0 Å². The summed E-state index contributed by atoms with van der Waals surface area (Å²) in [4.78, 5) is 24.1. The highest BCUT2D eigenvalue weighted by Gasteiger charge is 2.31. The number of carbonyl (C=O) groups excluding carboxylic acids is 2. The summed E-state index contributed by atoms with van der Waals surface area (Å²) in [6.07, 6.45) is 1.70. The molecule has 5 heteroatoms. The van der Waals surface area contributed by atoms with Crippen molar-refractivity contribution in [2.75, 3.05) is 6.61 Å². The molecule has 0 saturated heterocycles. The monoisotopic (exact) mass is 302 g/mol. The molecule has 0 aliphatic carbocycles. The Balaban J connectivity index is 2.34. The van der Waals surface area contributed by atoms with Crippen LogP contribution in [0.4, 0.5) is 4.79 Å². The van der Waals surface area contributed by atoms with Crippen LogP contribution < -0.4 is 10.6 Å². The molecular formula is C17H22N2O3. The first-order valence-electron chi connectivity index (χ1n) is 7.61. The van der Waals surface area contributed by atoms with Crippen molar-refractivity contribution in [1.29, 1.82) is 0 Å². The number of hydrogen-bond donors (Lipinski definition) is 2. The van der Waals surface area contributed by atoms with Crippen molar-refractivity contribution in [1.82, 2.24) is 10.6 Å². The quantitative estimate of drug-likeness (QED) is 0.822. The van der Waals surface area contributed by atoms with Gasteiger partial charge in [0.15, 0.2) is 0 Å². The molecule has 5 nitrogen and oxygen atoms in total. The van der Waals surface area contributed by atoms with Crippen LogP contribution in [-0.2, 0) is 16.0 Å². The van der Waals surface area contributed by atoms with Crippen molar-refractivity contribution in [3.05, 3.63) is 46.7 Å². The van der Waals surface area contributed by atoms with Gasteiger partial charge < -0.3 is 15.4 Å². The van der Waals surface area contributed by atoms with E-state index in [0.29, 0.717) is 17.9 Å². The Hall–Kier alpha value is -2.30. The molecule has 0 radical (unpaired) electrons. The number of ether oxygens (including phenoxy) is 1. The van der Waals surface area contributed by atoms with Gasteiger partial charge in [-0.1, -0.05) is 38.1 Å². The van der Waals surface area contributed by atoms with E-state index in [1.54, 1.807) is 6.92 Å². The van der Waals surface area contributed by atoms with Crippen LogP contribution in [0.2, 0.25) is 0 Å². The maximum absolute atomic E-state index is 12.3. The van der Waals surface area contributed by atoms with E-state index < -0.39 is 12.0 Å². The molecule has 2 N–H and O–H groups in total. The third kappa shape index (κ3) is 3.47. The first-order chi connectivity index (χ1) is 10.6. The molecule has 1 aromatic carbocycles. The summed E-state index contributed by atoms with van der Waals surface area (Å²) in [6.45, 7) is 6.11. The molecule has 1 aromatic rings. The highest BCUT2D eigenvalue weighted by atomic mass is 16.5. The van der Waals surface area contributed by atoms with Crippen LogP contribution in [0.25, 0.3) is 0 Å². The van der Waals surface area contributed by atoms with Crippen LogP contribution >= 0.6 is 0 Å². The van der Waals surface area contributed by atoms with E-state index in [-0.39, 0.29) is 6.03 Å². The molecule has 2 amide bonds. The summed E-state index contributed by atoms with van der Waals surface area (Å²) >= 11 is 0. The van der Waals surface area contributed by atoms with E-state index in [9.17, 15) is 9.59 Å². The summed E-state index contributed by atoms with van der Waals surface area (Å²) in [5.41, 5.74) is 3.07. The Kier molecular flexibility index (Phi) is 5.20. The molecule has 1 heterocycles. The fraction of sp³-hybridized carbons (Fsp3) is 0.412. The van der Waals surface area contributed by atoms with Crippen LogP contribution in [0.3, 0.4) is 0 Å². The SMILES string of the molecule is CCCOC(=O)C1=C(C)NC(=O)N[C@@H]1c1ccc(CC)cc1. The lowest BCUT2D eigenvalue weighted by Gasteiger charge is -2.28. The normalized spacial score (nSPS) is 17.8. The number of urea groups is 1.